The fourth-order valence-electron chi connectivity index (χ4n) is 1.87. The fraction of sp³-hybridized carbons (Fsp3) is 0.188. The molecule has 0 radical (unpaired) electrons. The molecule has 0 aliphatic rings. The molecule has 0 bridgehead atoms. The van der Waals surface area contributed by atoms with Crippen LogP contribution in [0.25, 0.3) is 0 Å². The van der Waals surface area contributed by atoms with Gasteiger partial charge in [-0.15, -0.1) is 11.8 Å². The molecule has 0 heterocycles. The molecular formula is C16H14FNO4S. The molecule has 0 saturated carbocycles. The smallest absolute Gasteiger partial charge is 0.321 e. The Morgan fingerprint density at radius 3 is 2.70 bits per heavy atom. The first-order chi connectivity index (χ1) is 10.9. The van der Waals surface area contributed by atoms with Crippen molar-refractivity contribution in [2.75, 3.05) is 5.75 Å². The molecule has 5 nitrogen and oxygen atoms in total. The molecule has 0 fully saturated rings. The van der Waals surface area contributed by atoms with Crippen LogP contribution in [0.4, 0.5) is 10.1 Å². The molecule has 0 atom stereocenters. The van der Waals surface area contributed by atoms with Crippen LogP contribution >= 0.6 is 11.8 Å². The first-order valence-electron chi connectivity index (χ1n) is 6.71. The molecule has 2 aromatic rings. The highest BCUT2D eigenvalue weighted by Crippen LogP contribution is 2.29. The van der Waals surface area contributed by atoms with Gasteiger partial charge in [0.25, 0.3) is 0 Å². The molecule has 0 aliphatic heterocycles. The van der Waals surface area contributed by atoms with Crippen molar-refractivity contribution in [3.05, 3.63) is 63.5 Å². The highest BCUT2D eigenvalue weighted by atomic mass is 32.2. The van der Waals surface area contributed by atoms with Crippen LogP contribution in [-0.4, -0.2) is 16.6 Å². The second-order valence-corrected chi connectivity index (χ2v) is 5.92. The summed E-state index contributed by atoms with van der Waals surface area (Å²) in [5.41, 5.74) is 1.63. The van der Waals surface area contributed by atoms with Crippen molar-refractivity contribution >= 4 is 23.4 Å². The van der Waals surface area contributed by atoms with Crippen LogP contribution in [0.5, 0.6) is 5.75 Å². The maximum atomic E-state index is 13.2. The minimum atomic E-state index is -0.722. The Kier molecular flexibility index (Phi) is 5.33. The molecule has 0 amide bonds. The summed E-state index contributed by atoms with van der Waals surface area (Å²) in [7, 11) is 0. The minimum absolute atomic E-state index is 0.0298. The number of nitro benzene ring substituents is 1. The van der Waals surface area contributed by atoms with E-state index in [1.165, 1.54) is 11.8 Å². The quantitative estimate of drug-likeness (QED) is 0.271. The van der Waals surface area contributed by atoms with Crippen LogP contribution in [-0.2, 0) is 4.79 Å². The predicted octanol–water partition coefficient (Wildman–Crippen LogP) is 4.05. The van der Waals surface area contributed by atoms with Crippen LogP contribution < -0.4 is 4.74 Å². The van der Waals surface area contributed by atoms with Gasteiger partial charge in [0.15, 0.2) is 0 Å². The zero-order valence-electron chi connectivity index (χ0n) is 12.5. The van der Waals surface area contributed by atoms with Crippen molar-refractivity contribution in [2.24, 2.45) is 0 Å². The molecule has 2 rings (SSSR count). The first kappa shape index (κ1) is 17.0. The molecule has 2 aromatic carbocycles. The normalized spacial score (nSPS) is 10.4. The van der Waals surface area contributed by atoms with Crippen molar-refractivity contribution in [2.45, 2.75) is 18.7 Å². The van der Waals surface area contributed by atoms with Crippen molar-refractivity contribution in [3.63, 3.8) is 0 Å². The summed E-state index contributed by atoms with van der Waals surface area (Å²) < 4.78 is 18.1. The van der Waals surface area contributed by atoms with E-state index in [-0.39, 0.29) is 11.5 Å². The summed E-state index contributed by atoms with van der Waals surface area (Å²) in [6.07, 6.45) is 0. The van der Waals surface area contributed by atoms with Gasteiger partial charge in [-0.3, -0.25) is 14.9 Å². The van der Waals surface area contributed by atoms with E-state index in [1.54, 1.807) is 0 Å². The second-order valence-electron chi connectivity index (χ2n) is 4.90. The Morgan fingerprint density at radius 1 is 1.26 bits per heavy atom. The van der Waals surface area contributed by atoms with E-state index in [0.717, 1.165) is 34.2 Å². The van der Waals surface area contributed by atoms with Crippen LogP contribution in [0.3, 0.4) is 0 Å². The number of benzene rings is 2. The largest absolute Gasteiger partial charge is 0.418 e. The molecule has 0 saturated heterocycles. The third-order valence-electron chi connectivity index (χ3n) is 3.03. The van der Waals surface area contributed by atoms with Gasteiger partial charge in [-0.2, -0.15) is 0 Å². The molecule has 0 unspecified atom stereocenters. The molecule has 7 heteroatoms. The Balaban J connectivity index is 2.07. The van der Waals surface area contributed by atoms with Crippen molar-refractivity contribution in [1.82, 2.24) is 0 Å². The van der Waals surface area contributed by atoms with Crippen molar-refractivity contribution < 1.29 is 18.8 Å². The van der Waals surface area contributed by atoms with Crippen molar-refractivity contribution in [1.29, 1.82) is 0 Å². The van der Waals surface area contributed by atoms with Gasteiger partial charge in [0.2, 0.25) is 5.75 Å². The first-order valence-corrected chi connectivity index (χ1v) is 7.70. The highest BCUT2D eigenvalue weighted by Gasteiger charge is 2.19. The summed E-state index contributed by atoms with van der Waals surface area (Å²) in [4.78, 5) is 22.9. The van der Waals surface area contributed by atoms with Crippen LogP contribution in [0.2, 0.25) is 0 Å². The Labute approximate surface area is 136 Å². The SMILES string of the molecule is Cc1ccc(C)c(SCC(=O)Oc2cc(F)ccc2[N+](=O)[O-])c1. The maximum absolute atomic E-state index is 13.2. The molecular weight excluding hydrogens is 321 g/mol. The van der Waals surface area contributed by atoms with Crippen LogP contribution in [0.1, 0.15) is 11.1 Å². The lowest BCUT2D eigenvalue weighted by molar-refractivity contribution is -0.385. The van der Waals surface area contributed by atoms with E-state index in [1.807, 2.05) is 32.0 Å². The van der Waals surface area contributed by atoms with Gasteiger partial charge in [0, 0.05) is 17.0 Å². The number of carbonyl (C=O) groups is 1. The Morgan fingerprint density at radius 2 is 2.00 bits per heavy atom. The molecule has 23 heavy (non-hydrogen) atoms. The number of carbonyl (C=O) groups excluding carboxylic acids is 1. The third kappa shape index (κ3) is 4.53. The molecule has 0 aromatic heterocycles. The van der Waals surface area contributed by atoms with Gasteiger partial charge >= 0.3 is 11.7 Å². The number of rotatable bonds is 5. The average Bonchev–Trinajstić information content (AvgIpc) is 2.48. The van der Waals surface area contributed by atoms with E-state index in [9.17, 15) is 19.3 Å². The Bertz CT molecular complexity index is 764. The van der Waals surface area contributed by atoms with E-state index in [2.05, 4.69) is 0 Å². The van der Waals surface area contributed by atoms with E-state index >= 15 is 0 Å². The Hall–Kier alpha value is -2.41. The summed E-state index contributed by atoms with van der Waals surface area (Å²) in [6, 6.07) is 8.60. The van der Waals surface area contributed by atoms with E-state index in [0.29, 0.717) is 0 Å². The number of nitro groups is 1. The van der Waals surface area contributed by atoms with Gasteiger partial charge in [0.1, 0.15) is 5.82 Å². The summed E-state index contributed by atoms with van der Waals surface area (Å²) >= 11 is 1.27. The number of esters is 1. The van der Waals surface area contributed by atoms with Gasteiger partial charge in [0.05, 0.1) is 10.7 Å². The van der Waals surface area contributed by atoms with Crippen LogP contribution in [0.15, 0.2) is 41.3 Å². The summed E-state index contributed by atoms with van der Waals surface area (Å²) in [6.45, 7) is 3.86. The number of ether oxygens (including phenoxy) is 1. The van der Waals surface area contributed by atoms with E-state index in [4.69, 9.17) is 4.74 Å². The second kappa shape index (κ2) is 7.23. The fourth-order valence-corrected chi connectivity index (χ4v) is 2.77. The monoisotopic (exact) mass is 335 g/mol. The minimum Gasteiger partial charge on any atom is -0.418 e. The molecule has 0 aliphatic carbocycles. The summed E-state index contributed by atoms with van der Waals surface area (Å²) in [5, 5.41) is 10.9. The van der Waals surface area contributed by atoms with Gasteiger partial charge in [-0.1, -0.05) is 17.7 Å². The van der Waals surface area contributed by atoms with E-state index < -0.39 is 22.4 Å². The van der Waals surface area contributed by atoms with Gasteiger partial charge < -0.3 is 4.74 Å². The van der Waals surface area contributed by atoms with Gasteiger partial charge in [-0.25, -0.2) is 4.39 Å². The number of aryl methyl sites for hydroxylation is 2. The van der Waals surface area contributed by atoms with Crippen LogP contribution in [0, 0.1) is 29.8 Å². The number of nitrogens with zero attached hydrogens (tertiary/aromatic N) is 1. The molecule has 0 spiro atoms. The summed E-state index contributed by atoms with van der Waals surface area (Å²) in [5.74, 6) is -1.80. The number of thioether (sulfide) groups is 1. The average molecular weight is 335 g/mol. The lowest BCUT2D eigenvalue weighted by Gasteiger charge is -2.07. The zero-order valence-corrected chi connectivity index (χ0v) is 13.4. The number of hydrogen-bond donors (Lipinski definition) is 0. The standard InChI is InChI=1S/C16H14FNO4S/c1-10-3-4-11(2)15(7-10)23-9-16(19)22-14-8-12(17)5-6-13(14)18(20)21/h3-8H,9H2,1-2H3. The number of hydrogen-bond acceptors (Lipinski definition) is 5. The number of halogens is 1. The predicted molar refractivity (Wildman–Crippen MR) is 85.3 cm³/mol. The van der Waals surface area contributed by atoms with Crippen molar-refractivity contribution in [3.8, 4) is 5.75 Å². The molecule has 120 valence electrons. The highest BCUT2D eigenvalue weighted by molar-refractivity contribution is 8.00. The molecule has 0 N–H and O–H groups in total. The maximum Gasteiger partial charge on any atom is 0.321 e. The third-order valence-corrected chi connectivity index (χ3v) is 4.16. The topological polar surface area (TPSA) is 69.4 Å². The lowest BCUT2D eigenvalue weighted by Crippen LogP contribution is -2.12. The zero-order chi connectivity index (χ0) is 17.0. The van der Waals surface area contributed by atoms with Gasteiger partial charge in [-0.05, 0) is 31.5 Å². The lowest BCUT2D eigenvalue weighted by atomic mass is 10.2.